The highest BCUT2D eigenvalue weighted by Crippen LogP contribution is 2.25. The molecule has 0 aliphatic carbocycles. The Hall–Kier alpha value is -0.640. The fourth-order valence-electron chi connectivity index (χ4n) is 1.91. The second-order valence-corrected chi connectivity index (χ2v) is 4.18. The molecule has 3 nitrogen and oxygen atoms in total. The minimum Gasteiger partial charge on any atom is -0.353 e. The standard InChI is InChI=1S/C14H24O3/c1-4-7-9-12-11-14(15-6-3)17-13(16-12)10-8-5-2/h4-5,12-14H,1-2,6-11H2,3H3. The largest absolute Gasteiger partial charge is 0.353 e. The van der Waals surface area contributed by atoms with Crippen LogP contribution < -0.4 is 0 Å². The quantitative estimate of drug-likeness (QED) is 0.608. The number of hydrogen-bond donors (Lipinski definition) is 0. The van der Waals surface area contributed by atoms with Gasteiger partial charge in [-0.2, -0.15) is 0 Å². The summed E-state index contributed by atoms with van der Waals surface area (Å²) in [4.78, 5) is 0. The minimum atomic E-state index is -0.159. The molecule has 0 radical (unpaired) electrons. The van der Waals surface area contributed by atoms with Crippen LogP contribution in [0.3, 0.4) is 0 Å². The summed E-state index contributed by atoms with van der Waals surface area (Å²) in [6.07, 6.45) is 8.25. The molecule has 3 unspecified atom stereocenters. The third-order valence-corrected chi connectivity index (χ3v) is 2.75. The fraction of sp³-hybridized carbons (Fsp3) is 0.714. The molecule has 0 N–H and O–H groups in total. The zero-order chi connectivity index (χ0) is 12.5. The van der Waals surface area contributed by atoms with Gasteiger partial charge in [0.2, 0.25) is 0 Å². The van der Waals surface area contributed by atoms with Gasteiger partial charge in [-0.05, 0) is 26.2 Å². The number of ether oxygens (including phenoxy) is 3. The smallest absolute Gasteiger partial charge is 0.163 e. The van der Waals surface area contributed by atoms with Crippen LogP contribution in [-0.4, -0.2) is 25.3 Å². The van der Waals surface area contributed by atoms with Crippen LogP contribution in [0.5, 0.6) is 0 Å². The van der Waals surface area contributed by atoms with Gasteiger partial charge in [-0.1, -0.05) is 12.2 Å². The van der Waals surface area contributed by atoms with Gasteiger partial charge < -0.3 is 14.2 Å². The highest BCUT2D eigenvalue weighted by Gasteiger charge is 2.29. The Morgan fingerprint density at radius 3 is 2.53 bits per heavy atom. The number of rotatable bonds is 8. The van der Waals surface area contributed by atoms with E-state index in [1.165, 1.54) is 0 Å². The maximum atomic E-state index is 5.87. The summed E-state index contributed by atoms with van der Waals surface area (Å²) in [5.74, 6) is 0. The molecule has 0 aromatic carbocycles. The van der Waals surface area contributed by atoms with Crippen LogP contribution >= 0.6 is 0 Å². The average molecular weight is 240 g/mol. The molecular weight excluding hydrogens is 216 g/mol. The predicted molar refractivity (Wildman–Crippen MR) is 68.6 cm³/mol. The fourth-order valence-corrected chi connectivity index (χ4v) is 1.91. The van der Waals surface area contributed by atoms with Crippen molar-refractivity contribution >= 4 is 0 Å². The van der Waals surface area contributed by atoms with Crippen LogP contribution in [0.1, 0.15) is 39.0 Å². The molecule has 17 heavy (non-hydrogen) atoms. The molecule has 1 saturated heterocycles. The van der Waals surface area contributed by atoms with Crippen molar-refractivity contribution in [2.45, 2.75) is 57.7 Å². The Morgan fingerprint density at radius 2 is 1.88 bits per heavy atom. The lowest BCUT2D eigenvalue weighted by Crippen LogP contribution is -2.39. The van der Waals surface area contributed by atoms with Crippen molar-refractivity contribution in [1.29, 1.82) is 0 Å². The van der Waals surface area contributed by atoms with Gasteiger partial charge in [0.05, 0.1) is 6.10 Å². The average Bonchev–Trinajstić information content (AvgIpc) is 2.34. The van der Waals surface area contributed by atoms with Crippen LogP contribution in [0, 0.1) is 0 Å². The molecule has 1 heterocycles. The highest BCUT2D eigenvalue weighted by molar-refractivity contribution is 4.75. The summed E-state index contributed by atoms with van der Waals surface area (Å²) >= 11 is 0. The van der Waals surface area contributed by atoms with E-state index in [0.717, 1.165) is 32.1 Å². The van der Waals surface area contributed by atoms with Gasteiger partial charge in [0.1, 0.15) is 0 Å². The van der Waals surface area contributed by atoms with Crippen molar-refractivity contribution in [2.24, 2.45) is 0 Å². The Balaban J connectivity index is 2.42. The maximum absolute atomic E-state index is 5.87. The second-order valence-electron chi connectivity index (χ2n) is 4.18. The van der Waals surface area contributed by atoms with E-state index in [1.54, 1.807) is 0 Å². The Kier molecular flexibility index (Phi) is 7.17. The first-order valence-electron chi connectivity index (χ1n) is 6.44. The van der Waals surface area contributed by atoms with Crippen LogP contribution in [0.15, 0.2) is 25.3 Å². The lowest BCUT2D eigenvalue weighted by atomic mass is 10.1. The van der Waals surface area contributed by atoms with Crippen molar-refractivity contribution in [3.05, 3.63) is 25.3 Å². The molecule has 98 valence electrons. The van der Waals surface area contributed by atoms with Gasteiger partial charge in [-0.25, -0.2) is 0 Å². The lowest BCUT2D eigenvalue weighted by molar-refractivity contribution is -0.307. The molecule has 0 aromatic rings. The maximum Gasteiger partial charge on any atom is 0.163 e. The molecule has 0 aromatic heterocycles. The summed E-state index contributed by atoms with van der Waals surface area (Å²) in [5.41, 5.74) is 0. The first-order chi connectivity index (χ1) is 8.30. The summed E-state index contributed by atoms with van der Waals surface area (Å²) in [7, 11) is 0. The molecule has 1 rings (SSSR count). The lowest BCUT2D eigenvalue weighted by Gasteiger charge is -2.35. The van der Waals surface area contributed by atoms with E-state index < -0.39 is 0 Å². The van der Waals surface area contributed by atoms with Crippen molar-refractivity contribution in [3.63, 3.8) is 0 Å². The Bertz CT molecular complexity index is 208. The molecule has 3 heteroatoms. The molecule has 1 fully saturated rings. The van der Waals surface area contributed by atoms with Crippen molar-refractivity contribution in [3.8, 4) is 0 Å². The predicted octanol–water partition coefficient (Wildman–Crippen LogP) is 3.41. The summed E-state index contributed by atoms with van der Waals surface area (Å²) in [6.45, 7) is 10.1. The van der Waals surface area contributed by atoms with Crippen molar-refractivity contribution < 1.29 is 14.2 Å². The molecule has 0 bridgehead atoms. The van der Waals surface area contributed by atoms with Gasteiger partial charge in [0.25, 0.3) is 0 Å². The monoisotopic (exact) mass is 240 g/mol. The molecule has 0 amide bonds. The molecule has 3 atom stereocenters. The molecule has 1 aliphatic rings. The van der Waals surface area contributed by atoms with Crippen molar-refractivity contribution in [1.82, 2.24) is 0 Å². The van der Waals surface area contributed by atoms with Gasteiger partial charge >= 0.3 is 0 Å². The third kappa shape index (κ3) is 5.48. The number of hydrogen-bond acceptors (Lipinski definition) is 3. The SMILES string of the molecule is C=CCCC1CC(OCC)OC(CCC=C)O1. The van der Waals surface area contributed by atoms with E-state index in [4.69, 9.17) is 14.2 Å². The van der Waals surface area contributed by atoms with E-state index in [9.17, 15) is 0 Å². The molecule has 1 aliphatic heterocycles. The van der Waals surface area contributed by atoms with Gasteiger partial charge in [-0.3, -0.25) is 0 Å². The topological polar surface area (TPSA) is 27.7 Å². The highest BCUT2D eigenvalue weighted by atomic mass is 16.8. The zero-order valence-electron chi connectivity index (χ0n) is 10.8. The second kappa shape index (κ2) is 8.45. The summed E-state index contributed by atoms with van der Waals surface area (Å²) in [5, 5.41) is 0. The van der Waals surface area contributed by atoms with Gasteiger partial charge in [0, 0.05) is 19.4 Å². The van der Waals surface area contributed by atoms with E-state index >= 15 is 0 Å². The molecule has 0 spiro atoms. The minimum absolute atomic E-state index is 0.126. The van der Waals surface area contributed by atoms with Crippen molar-refractivity contribution in [2.75, 3.05) is 6.61 Å². The van der Waals surface area contributed by atoms with E-state index in [2.05, 4.69) is 13.2 Å². The first kappa shape index (κ1) is 14.4. The Labute approximate surface area is 104 Å². The van der Waals surface area contributed by atoms with Crippen LogP contribution in [0.25, 0.3) is 0 Å². The third-order valence-electron chi connectivity index (χ3n) is 2.75. The first-order valence-corrected chi connectivity index (χ1v) is 6.44. The number of allylic oxidation sites excluding steroid dienone is 2. The van der Waals surface area contributed by atoms with Gasteiger partial charge in [-0.15, -0.1) is 13.2 Å². The van der Waals surface area contributed by atoms with Crippen LogP contribution in [0.2, 0.25) is 0 Å². The molecule has 0 saturated carbocycles. The summed E-state index contributed by atoms with van der Waals surface area (Å²) in [6, 6.07) is 0. The van der Waals surface area contributed by atoms with Crippen LogP contribution in [-0.2, 0) is 14.2 Å². The zero-order valence-corrected chi connectivity index (χ0v) is 10.8. The molecular formula is C14H24O3. The van der Waals surface area contributed by atoms with Gasteiger partial charge in [0.15, 0.2) is 12.6 Å². The normalized spacial score (nSPS) is 28.9. The van der Waals surface area contributed by atoms with Crippen LogP contribution in [0.4, 0.5) is 0 Å². The van der Waals surface area contributed by atoms with E-state index in [0.29, 0.717) is 6.61 Å². The summed E-state index contributed by atoms with van der Waals surface area (Å²) < 4.78 is 17.1. The van der Waals surface area contributed by atoms with E-state index in [1.807, 2.05) is 19.1 Å². The Morgan fingerprint density at radius 1 is 1.18 bits per heavy atom. The van der Waals surface area contributed by atoms with E-state index in [-0.39, 0.29) is 18.7 Å².